The first-order valence-electron chi connectivity index (χ1n) is 10.00. The van der Waals surface area contributed by atoms with Crippen LogP contribution in [0.25, 0.3) is 27.1 Å². The van der Waals surface area contributed by atoms with Crippen molar-refractivity contribution < 1.29 is 18.3 Å². The molecule has 1 aliphatic carbocycles. The molecule has 4 rings (SSSR count). The topological polar surface area (TPSA) is 91.1 Å². The number of aliphatic hydroxyl groups is 1. The van der Waals surface area contributed by atoms with Crippen LogP contribution in [0.2, 0.25) is 0 Å². The highest BCUT2D eigenvalue weighted by Gasteiger charge is 2.32. The predicted octanol–water partition coefficient (Wildman–Crippen LogP) is 4.94. The number of anilines is 1. The lowest BCUT2D eigenvalue weighted by atomic mass is 9.83. The van der Waals surface area contributed by atoms with Crippen LogP contribution in [0, 0.1) is 12.5 Å². The Morgan fingerprint density at radius 2 is 1.97 bits per heavy atom. The zero-order valence-corrected chi connectivity index (χ0v) is 16.7. The van der Waals surface area contributed by atoms with Gasteiger partial charge in [-0.25, -0.2) is 19.8 Å². The molecule has 0 spiro atoms. The van der Waals surface area contributed by atoms with Gasteiger partial charge in [-0.2, -0.15) is 13.2 Å². The van der Waals surface area contributed by atoms with Crippen molar-refractivity contribution in [1.82, 2.24) is 19.9 Å². The van der Waals surface area contributed by atoms with Gasteiger partial charge in [-0.3, -0.25) is 0 Å². The van der Waals surface area contributed by atoms with Crippen LogP contribution in [0.15, 0.2) is 24.7 Å². The van der Waals surface area contributed by atoms with E-state index in [1.165, 1.54) is 12.4 Å². The fourth-order valence-corrected chi connectivity index (χ4v) is 4.00. The number of hydrogen-bond acceptors (Lipinski definition) is 5. The largest absolute Gasteiger partial charge is 0.417 e. The fourth-order valence-electron chi connectivity index (χ4n) is 4.00. The molecule has 7 nitrogen and oxygen atoms in total. The molecule has 0 unspecified atom stereocenters. The highest BCUT2D eigenvalue weighted by atomic mass is 19.4. The van der Waals surface area contributed by atoms with Crippen molar-refractivity contribution in [2.75, 3.05) is 5.32 Å². The Labute approximate surface area is 176 Å². The number of nitrogens with one attached hydrogen (secondary N) is 2. The smallest absolute Gasteiger partial charge is 0.393 e. The Bertz CT molecular complexity index is 1130. The van der Waals surface area contributed by atoms with Crippen molar-refractivity contribution in [3.63, 3.8) is 0 Å². The van der Waals surface area contributed by atoms with Crippen LogP contribution in [0.4, 0.5) is 24.8 Å². The second-order valence-corrected chi connectivity index (χ2v) is 7.86. The number of nitrogens with zero attached hydrogens (tertiary/aromatic N) is 4. The number of aliphatic hydroxyl groups excluding tert-OH is 1. The van der Waals surface area contributed by atoms with E-state index in [0.29, 0.717) is 17.4 Å². The Kier molecular flexibility index (Phi) is 5.54. The highest BCUT2D eigenvalue weighted by Crippen LogP contribution is 2.37. The second-order valence-electron chi connectivity index (χ2n) is 7.86. The molecule has 1 atom stereocenters. The van der Waals surface area contributed by atoms with Crippen molar-refractivity contribution in [3.8, 4) is 11.3 Å². The van der Waals surface area contributed by atoms with Gasteiger partial charge in [0.05, 0.1) is 23.9 Å². The monoisotopic (exact) mass is 430 g/mol. The molecule has 0 aliphatic heterocycles. The van der Waals surface area contributed by atoms with E-state index < -0.39 is 11.7 Å². The normalized spacial score (nSPS) is 20.4. The molecular formula is C21H21F3N6O. The number of hydrogen-bond donors (Lipinski definition) is 3. The Morgan fingerprint density at radius 3 is 2.65 bits per heavy atom. The van der Waals surface area contributed by atoms with E-state index in [0.717, 1.165) is 37.9 Å². The maximum absolute atomic E-state index is 13.2. The van der Waals surface area contributed by atoms with Gasteiger partial charge in [0.15, 0.2) is 0 Å². The lowest BCUT2D eigenvalue weighted by Gasteiger charge is -2.30. The lowest BCUT2D eigenvalue weighted by Crippen LogP contribution is -2.31. The van der Waals surface area contributed by atoms with Crippen molar-refractivity contribution in [1.29, 1.82) is 0 Å². The van der Waals surface area contributed by atoms with E-state index >= 15 is 0 Å². The van der Waals surface area contributed by atoms with Gasteiger partial charge < -0.3 is 15.4 Å². The maximum Gasteiger partial charge on any atom is 0.417 e. The summed E-state index contributed by atoms with van der Waals surface area (Å²) in [5, 5.41) is 13.2. The van der Waals surface area contributed by atoms with Crippen LogP contribution >= 0.6 is 0 Å². The summed E-state index contributed by atoms with van der Waals surface area (Å²) in [6.07, 6.45) is 2.15. The lowest BCUT2D eigenvalue weighted by molar-refractivity contribution is -0.137. The molecule has 0 saturated heterocycles. The van der Waals surface area contributed by atoms with Gasteiger partial charge >= 0.3 is 6.18 Å². The number of H-pyrrole nitrogens is 1. The van der Waals surface area contributed by atoms with Crippen LogP contribution < -0.4 is 5.32 Å². The summed E-state index contributed by atoms with van der Waals surface area (Å²) in [5.74, 6) is 0.651. The molecule has 0 aromatic carbocycles. The van der Waals surface area contributed by atoms with Crippen molar-refractivity contribution in [3.05, 3.63) is 41.6 Å². The summed E-state index contributed by atoms with van der Waals surface area (Å²) in [6.45, 7) is 9.44. The van der Waals surface area contributed by atoms with Crippen molar-refractivity contribution in [2.24, 2.45) is 5.92 Å². The van der Waals surface area contributed by atoms with E-state index in [4.69, 9.17) is 6.57 Å². The molecule has 3 aromatic rings. The maximum atomic E-state index is 13.2. The van der Waals surface area contributed by atoms with E-state index in [1.54, 1.807) is 0 Å². The number of halogens is 3. The average Bonchev–Trinajstić information content (AvgIpc) is 3.16. The molecule has 0 bridgehead atoms. The number of fused-ring (bicyclic) bond motifs is 1. The van der Waals surface area contributed by atoms with E-state index in [-0.39, 0.29) is 34.6 Å². The minimum atomic E-state index is -4.53. The third kappa shape index (κ3) is 4.32. The summed E-state index contributed by atoms with van der Waals surface area (Å²) in [7, 11) is 0. The highest BCUT2D eigenvalue weighted by molar-refractivity contribution is 5.96. The molecule has 0 amide bonds. The first kappa shape index (κ1) is 21.1. The minimum Gasteiger partial charge on any atom is -0.393 e. The van der Waals surface area contributed by atoms with Crippen LogP contribution in [-0.2, 0) is 6.18 Å². The first-order chi connectivity index (χ1) is 14.8. The molecule has 31 heavy (non-hydrogen) atoms. The molecule has 1 saturated carbocycles. The summed E-state index contributed by atoms with van der Waals surface area (Å²) in [5.41, 5.74) is 0.147. The molecule has 3 aromatic heterocycles. The van der Waals surface area contributed by atoms with E-state index in [1.807, 2.05) is 6.92 Å². The number of alkyl halides is 3. The summed E-state index contributed by atoms with van der Waals surface area (Å²) >= 11 is 0. The van der Waals surface area contributed by atoms with Gasteiger partial charge in [-0.1, -0.05) is 0 Å². The van der Waals surface area contributed by atoms with Crippen LogP contribution in [0.5, 0.6) is 0 Å². The number of aromatic amines is 1. The number of aromatic nitrogens is 4. The SMILES string of the molecule is [C-]#[N+]c1cnc(N[C@H](C)C2CCC(O)CC2)nc1-c1c[nH]c2ncc(C(F)(F)F)cc12. The summed E-state index contributed by atoms with van der Waals surface area (Å²) < 4.78 is 39.5. The van der Waals surface area contributed by atoms with Crippen molar-refractivity contribution in [2.45, 2.75) is 50.9 Å². The van der Waals surface area contributed by atoms with Crippen LogP contribution in [0.1, 0.15) is 38.2 Å². The van der Waals surface area contributed by atoms with Gasteiger partial charge in [0, 0.05) is 35.6 Å². The molecule has 162 valence electrons. The third-order valence-electron chi connectivity index (χ3n) is 5.81. The third-order valence-corrected chi connectivity index (χ3v) is 5.81. The zero-order chi connectivity index (χ0) is 22.2. The predicted molar refractivity (Wildman–Crippen MR) is 109 cm³/mol. The van der Waals surface area contributed by atoms with Crippen LogP contribution in [-0.4, -0.2) is 37.2 Å². The Balaban J connectivity index is 1.68. The van der Waals surface area contributed by atoms with E-state index in [9.17, 15) is 18.3 Å². The Morgan fingerprint density at radius 1 is 1.23 bits per heavy atom. The van der Waals surface area contributed by atoms with Gasteiger partial charge in [0.2, 0.25) is 11.6 Å². The molecule has 10 heteroatoms. The van der Waals surface area contributed by atoms with Crippen molar-refractivity contribution >= 4 is 22.7 Å². The fraction of sp³-hybridized carbons (Fsp3) is 0.429. The molecule has 1 aliphatic rings. The summed E-state index contributed by atoms with van der Waals surface area (Å²) in [6, 6.07) is 1.05. The summed E-state index contributed by atoms with van der Waals surface area (Å²) in [4.78, 5) is 18.8. The standard InChI is InChI=1S/C21H21F3N6O/c1-11(12-3-5-14(31)6-4-12)29-20-28-10-17(25-2)18(30-20)16-9-27-19-15(16)7-13(8-26-19)21(22,23)24/h7-12,14,31H,3-6H2,1H3,(H,26,27)(H,28,29,30)/t11-,12?,14?/m1/s1. The van der Waals surface area contributed by atoms with Crippen LogP contribution in [0.3, 0.4) is 0 Å². The number of pyridine rings is 1. The van der Waals surface area contributed by atoms with Gasteiger partial charge in [-0.15, -0.1) is 0 Å². The van der Waals surface area contributed by atoms with E-state index in [2.05, 4.69) is 30.1 Å². The molecule has 0 radical (unpaired) electrons. The number of rotatable bonds is 4. The minimum absolute atomic E-state index is 0.0422. The van der Waals surface area contributed by atoms with Gasteiger partial charge in [-0.05, 0) is 44.6 Å². The zero-order valence-electron chi connectivity index (χ0n) is 16.7. The first-order valence-corrected chi connectivity index (χ1v) is 10.00. The molecule has 1 fully saturated rings. The van der Waals surface area contributed by atoms with Gasteiger partial charge in [0.1, 0.15) is 5.65 Å². The Hall–Kier alpha value is -3.19. The average molecular weight is 430 g/mol. The quantitative estimate of drug-likeness (QED) is 0.510. The van der Waals surface area contributed by atoms with Gasteiger partial charge in [0.25, 0.3) is 0 Å². The second kappa shape index (κ2) is 8.15. The molecule has 3 heterocycles. The molecular weight excluding hydrogens is 409 g/mol. The molecule has 3 N–H and O–H groups in total.